The molecule has 0 spiro atoms. The third-order valence-electron chi connectivity index (χ3n) is 4.31. The van der Waals surface area contributed by atoms with Gasteiger partial charge in [0.1, 0.15) is 0 Å². The van der Waals surface area contributed by atoms with Gasteiger partial charge in [-0.3, -0.25) is 0 Å². The van der Waals surface area contributed by atoms with Crippen LogP contribution in [0.2, 0.25) is 0 Å². The molecule has 2 aliphatic carbocycles. The molecule has 0 amide bonds. The van der Waals surface area contributed by atoms with Gasteiger partial charge in [-0.05, 0) is 49.1 Å². The molecule has 0 radical (unpaired) electrons. The highest BCUT2D eigenvalue weighted by Crippen LogP contribution is 2.40. The van der Waals surface area contributed by atoms with E-state index in [0.717, 1.165) is 25.3 Å². The molecule has 17 heavy (non-hydrogen) atoms. The Kier molecular flexibility index (Phi) is 2.93. The van der Waals surface area contributed by atoms with E-state index in [1.807, 2.05) is 0 Å². The smallest absolute Gasteiger partial charge is 0.0613 e. The van der Waals surface area contributed by atoms with Crippen molar-refractivity contribution in [2.75, 3.05) is 6.61 Å². The van der Waals surface area contributed by atoms with E-state index in [2.05, 4.69) is 29.6 Å². The quantitative estimate of drug-likeness (QED) is 0.816. The van der Waals surface area contributed by atoms with Gasteiger partial charge in [0.15, 0.2) is 0 Å². The summed E-state index contributed by atoms with van der Waals surface area (Å²) in [5.74, 6) is 0.840. The second kappa shape index (κ2) is 4.43. The van der Waals surface area contributed by atoms with Gasteiger partial charge in [-0.15, -0.1) is 0 Å². The van der Waals surface area contributed by atoms with Crippen LogP contribution in [0, 0.1) is 0 Å². The van der Waals surface area contributed by atoms with Crippen LogP contribution in [0.3, 0.4) is 0 Å². The first kappa shape index (κ1) is 11.2. The monoisotopic (exact) mass is 231 g/mol. The SMILES string of the molecule is OCC1(NCc2ccc(C3CC3)cc2)CCC1. The van der Waals surface area contributed by atoms with E-state index in [-0.39, 0.29) is 12.1 Å². The van der Waals surface area contributed by atoms with Crippen LogP contribution in [0.25, 0.3) is 0 Å². The Morgan fingerprint density at radius 3 is 2.35 bits per heavy atom. The number of benzene rings is 1. The molecule has 3 rings (SSSR count). The first-order chi connectivity index (χ1) is 8.31. The lowest BCUT2D eigenvalue weighted by atomic mass is 9.77. The van der Waals surface area contributed by atoms with Crippen LogP contribution in [-0.4, -0.2) is 17.3 Å². The molecule has 2 heteroatoms. The zero-order chi connectivity index (χ0) is 11.7. The Bertz CT molecular complexity index is 371. The average molecular weight is 231 g/mol. The number of rotatable bonds is 5. The fourth-order valence-electron chi connectivity index (χ4n) is 2.61. The van der Waals surface area contributed by atoms with Gasteiger partial charge in [-0.25, -0.2) is 0 Å². The number of aliphatic hydroxyl groups is 1. The molecular weight excluding hydrogens is 210 g/mol. The van der Waals surface area contributed by atoms with E-state index in [1.165, 1.54) is 30.4 Å². The van der Waals surface area contributed by atoms with Crippen molar-refractivity contribution in [3.8, 4) is 0 Å². The summed E-state index contributed by atoms with van der Waals surface area (Å²) in [6.45, 7) is 1.15. The van der Waals surface area contributed by atoms with Crippen molar-refractivity contribution in [2.24, 2.45) is 0 Å². The van der Waals surface area contributed by atoms with E-state index < -0.39 is 0 Å². The Labute approximate surface area is 103 Å². The summed E-state index contributed by atoms with van der Waals surface area (Å²) in [6.07, 6.45) is 6.21. The minimum Gasteiger partial charge on any atom is -0.394 e. The van der Waals surface area contributed by atoms with Crippen molar-refractivity contribution >= 4 is 0 Å². The second-order valence-electron chi connectivity index (χ2n) is 5.66. The minimum absolute atomic E-state index is 0.0230. The van der Waals surface area contributed by atoms with Crippen molar-refractivity contribution in [1.82, 2.24) is 5.32 Å². The van der Waals surface area contributed by atoms with Crippen molar-refractivity contribution in [3.05, 3.63) is 35.4 Å². The third-order valence-corrected chi connectivity index (χ3v) is 4.31. The zero-order valence-electron chi connectivity index (χ0n) is 10.3. The topological polar surface area (TPSA) is 32.3 Å². The number of hydrogen-bond donors (Lipinski definition) is 2. The predicted octanol–water partition coefficient (Wildman–Crippen LogP) is 2.57. The molecule has 1 aromatic rings. The van der Waals surface area contributed by atoms with Crippen LogP contribution in [0.4, 0.5) is 0 Å². The van der Waals surface area contributed by atoms with Gasteiger partial charge in [0, 0.05) is 12.1 Å². The van der Waals surface area contributed by atoms with Crippen LogP contribution >= 0.6 is 0 Å². The van der Waals surface area contributed by atoms with Crippen LogP contribution < -0.4 is 5.32 Å². The third kappa shape index (κ3) is 2.38. The highest BCUT2D eigenvalue weighted by Gasteiger charge is 2.35. The Morgan fingerprint density at radius 2 is 1.88 bits per heavy atom. The van der Waals surface area contributed by atoms with Crippen molar-refractivity contribution in [3.63, 3.8) is 0 Å². The molecule has 2 nitrogen and oxygen atoms in total. The summed E-state index contributed by atoms with van der Waals surface area (Å²) in [4.78, 5) is 0. The summed E-state index contributed by atoms with van der Waals surface area (Å²) in [7, 11) is 0. The second-order valence-corrected chi connectivity index (χ2v) is 5.66. The molecule has 0 unspecified atom stereocenters. The first-order valence-corrected chi connectivity index (χ1v) is 6.76. The fraction of sp³-hybridized carbons (Fsp3) is 0.600. The first-order valence-electron chi connectivity index (χ1n) is 6.76. The summed E-state index contributed by atoms with van der Waals surface area (Å²) in [5.41, 5.74) is 2.85. The molecule has 2 fully saturated rings. The molecule has 2 aliphatic rings. The molecule has 0 aromatic heterocycles. The summed E-state index contributed by atoms with van der Waals surface area (Å²) < 4.78 is 0. The highest BCUT2D eigenvalue weighted by atomic mass is 16.3. The lowest BCUT2D eigenvalue weighted by Crippen LogP contribution is -2.53. The largest absolute Gasteiger partial charge is 0.394 e. The summed E-state index contributed by atoms with van der Waals surface area (Å²) in [6, 6.07) is 8.98. The van der Waals surface area contributed by atoms with Gasteiger partial charge >= 0.3 is 0 Å². The van der Waals surface area contributed by atoms with E-state index in [0.29, 0.717) is 0 Å². The van der Waals surface area contributed by atoms with Gasteiger partial charge in [-0.2, -0.15) is 0 Å². The highest BCUT2D eigenvalue weighted by molar-refractivity contribution is 5.28. The van der Waals surface area contributed by atoms with Gasteiger partial charge in [-0.1, -0.05) is 24.3 Å². The Morgan fingerprint density at radius 1 is 1.18 bits per heavy atom. The maximum atomic E-state index is 9.38. The van der Waals surface area contributed by atoms with E-state index in [9.17, 15) is 5.11 Å². The van der Waals surface area contributed by atoms with Crippen LogP contribution in [0.1, 0.15) is 49.1 Å². The lowest BCUT2D eigenvalue weighted by molar-refractivity contribution is 0.0872. The lowest BCUT2D eigenvalue weighted by Gasteiger charge is -2.41. The molecule has 0 bridgehead atoms. The molecule has 0 heterocycles. The summed E-state index contributed by atoms with van der Waals surface area (Å²) >= 11 is 0. The molecule has 1 aromatic carbocycles. The maximum Gasteiger partial charge on any atom is 0.0613 e. The molecule has 2 saturated carbocycles. The van der Waals surface area contributed by atoms with Crippen molar-refractivity contribution in [2.45, 2.75) is 50.1 Å². The van der Waals surface area contributed by atoms with Crippen LogP contribution in [0.5, 0.6) is 0 Å². The van der Waals surface area contributed by atoms with Crippen molar-refractivity contribution in [1.29, 1.82) is 0 Å². The molecule has 2 N–H and O–H groups in total. The van der Waals surface area contributed by atoms with Gasteiger partial charge in [0.2, 0.25) is 0 Å². The Balaban J connectivity index is 1.57. The predicted molar refractivity (Wildman–Crippen MR) is 68.9 cm³/mol. The Hall–Kier alpha value is -0.860. The van der Waals surface area contributed by atoms with E-state index in [1.54, 1.807) is 0 Å². The van der Waals surface area contributed by atoms with Gasteiger partial charge in [0.25, 0.3) is 0 Å². The van der Waals surface area contributed by atoms with Gasteiger partial charge < -0.3 is 10.4 Å². The molecule has 0 aliphatic heterocycles. The summed E-state index contributed by atoms with van der Waals surface area (Å²) in [5, 5.41) is 12.9. The van der Waals surface area contributed by atoms with Crippen molar-refractivity contribution < 1.29 is 5.11 Å². The fourth-order valence-corrected chi connectivity index (χ4v) is 2.61. The number of aliphatic hydroxyl groups excluding tert-OH is 1. The number of nitrogens with one attached hydrogen (secondary N) is 1. The normalized spacial score (nSPS) is 22.2. The molecule has 0 atom stereocenters. The standard InChI is InChI=1S/C15H21NO/c17-11-15(8-1-9-15)16-10-12-2-4-13(5-3-12)14-6-7-14/h2-5,14,16-17H,1,6-11H2. The zero-order valence-corrected chi connectivity index (χ0v) is 10.3. The average Bonchev–Trinajstić information content (AvgIpc) is 3.13. The maximum absolute atomic E-state index is 9.38. The molecular formula is C15H21NO. The van der Waals surface area contributed by atoms with Gasteiger partial charge in [0.05, 0.1) is 6.61 Å². The minimum atomic E-state index is 0.0230. The van der Waals surface area contributed by atoms with E-state index >= 15 is 0 Å². The van der Waals surface area contributed by atoms with E-state index in [4.69, 9.17) is 0 Å². The number of hydrogen-bond acceptors (Lipinski definition) is 2. The van der Waals surface area contributed by atoms with Crippen LogP contribution in [-0.2, 0) is 6.54 Å². The molecule has 0 saturated heterocycles. The van der Waals surface area contributed by atoms with Crippen LogP contribution in [0.15, 0.2) is 24.3 Å². The molecule has 92 valence electrons.